The number of nitrogens with zero attached hydrogens (tertiary/aromatic N) is 2. The third-order valence-corrected chi connectivity index (χ3v) is 5.39. The maximum Gasteiger partial charge on any atom is 0.271 e. The zero-order valence-electron chi connectivity index (χ0n) is 14.4. The minimum Gasteiger partial charge on any atom is -0.495 e. The van der Waals surface area contributed by atoms with E-state index in [9.17, 15) is 9.90 Å². The van der Waals surface area contributed by atoms with Crippen LogP contribution in [0.1, 0.15) is 53.3 Å². The number of rotatable bonds is 7. The van der Waals surface area contributed by atoms with Gasteiger partial charge in [0.2, 0.25) is 0 Å². The number of aromatic nitrogens is 2. The Labute approximate surface area is 151 Å². The van der Waals surface area contributed by atoms with Crippen LogP contribution >= 0.6 is 11.3 Å². The van der Waals surface area contributed by atoms with Gasteiger partial charge in [0, 0.05) is 11.6 Å². The van der Waals surface area contributed by atoms with Crippen LogP contribution in [-0.4, -0.2) is 34.2 Å². The molecule has 1 amide bonds. The number of aliphatic hydroxyl groups excluding tert-OH is 1. The maximum atomic E-state index is 12.6. The van der Waals surface area contributed by atoms with Crippen molar-refractivity contribution in [3.8, 4) is 5.75 Å². The first-order chi connectivity index (χ1) is 12.1. The Kier molecular flexibility index (Phi) is 5.65. The molecule has 0 spiro atoms. The number of hydrogen-bond donors (Lipinski definition) is 2. The molecule has 3 rings (SSSR count). The fourth-order valence-electron chi connectivity index (χ4n) is 3.05. The number of carbonyl (C=O) groups excluding carboxylic acids is 1. The van der Waals surface area contributed by atoms with Gasteiger partial charge in [0.15, 0.2) is 0 Å². The molecule has 0 unspecified atom stereocenters. The van der Waals surface area contributed by atoms with Crippen molar-refractivity contribution in [2.24, 2.45) is 5.92 Å². The molecule has 0 radical (unpaired) electrons. The minimum absolute atomic E-state index is 0.182. The monoisotopic (exact) mass is 361 g/mol. The smallest absolute Gasteiger partial charge is 0.271 e. The summed E-state index contributed by atoms with van der Waals surface area (Å²) in [6, 6.07) is 1.67. The van der Waals surface area contributed by atoms with Gasteiger partial charge in [0.05, 0.1) is 30.5 Å². The van der Waals surface area contributed by atoms with Crippen LogP contribution in [0, 0.1) is 5.92 Å². The van der Waals surface area contributed by atoms with Crippen LogP contribution in [0.2, 0.25) is 0 Å². The molecular formula is C18H23N3O3S. The molecule has 2 aromatic heterocycles. The molecule has 0 saturated heterocycles. The van der Waals surface area contributed by atoms with Gasteiger partial charge >= 0.3 is 0 Å². The Morgan fingerprint density at radius 1 is 1.48 bits per heavy atom. The van der Waals surface area contributed by atoms with E-state index in [1.54, 1.807) is 24.9 Å². The summed E-state index contributed by atoms with van der Waals surface area (Å²) in [5.41, 5.74) is 1.34. The Morgan fingerprint density at radius 2 is 2.28 bits per heavy atom. The summed E-state index contributed by atoms with van der Waals surface area (Å²) >= 11 is 1.52. The highest BCUT2D eigenvalue weighted by atomic mass is 32.1. The Balaban J connectivity index is 1.78. The minimum atomic E-state index is -0.293. The van der Waals surface area contributed by atoms with E-state index < -0.39 is 0 Å². The van der Waals surface area contributed by atoms with E-state index in [2.05, 4.69) is 22.2 Å². The fraction of sp³-hybridized carbons (Fsp3) is 0.500. The van der Waals surface area contributed by atoms with Crippen LogP contribution in [0.5, 0.6) is 5.75 Å². The van der Waals surface area contributed by atoms with E-state index in [0.29, 0.717) is 24.3 Å². The van der Waals surface area contributed by atoms with Crippen molar-refractivity contribution in [3.05, 3.63) is 40.1 Å². The van der Waals surface area contributed by atoms with E-state index in [1.807, 2.05) is 6.07 Å². The molecule has 0 aromatic carbocycles. The number of methoxy groups -OCH3 is 1. The van der Waals surface area contributed by atoms with E-state index in [-0.39, 0.29) is 24.0 Å². The number of nitrogens with one attached hydrogen (secondary N) is 1. The SMILES string of the molecule is CCCc1nc(C(=O)N[C@@H](c2cncc(OC)c2)C2CC(O)C2)cs1. The van der Waals surface area contributed by atoms with Crippen molar-refractivity contribution in [3.63, 3.8) is 0 Å². The van der Waals surface area contributed by atoms with E-state index in [1.165, 1.54) is 11.3 Å². The number of amides is 1. The quantitative estimate of drug-likeness (QED) is 0.792. The molecule has 134 valence electrons. The normalized spacial score (nSPS) is 20.6. The Bertz CT molecular complexity index is 728. The van der Waals surface area contributed by atoms with Gasteiger partial charge in [0.1, 0.15) is 11.4 Å². The molecule has 1 saturated carbocycles. The van der Waals surface area contributed by atoms with E-state index in [0.717, 1.165) is 23.4 Å². The van der Waals surface area contributed by atoms with Crippen molar-refractivity contribution >= 4 is 17.2 Å². The van der Waals surface area contributed by atoms with Gasteiger partial charge in [-0.2, -0.15) is 0 Å². The first kappa shape index (κ1) is 17.8. The first-order valence-electron chi connectivity index (χ1n) is 8.53. The second-order valence-corrected chi connectivity index (χ2v) is 7.31. The van der Waals surface area contributed by atoms with Crippen molar-refractivity contribution < 1.29 is 14.6 Å². The zero-order valence-corrected chi connectivity index (χ0v) is 15.3. The largest absolute Gasteiger partial charge is 0.495 e. The molecule has 1 aliphatic carbocycles. The number of hydrogen-bond acceptors (Lipinski definition) is 6. The van der Waals surface area contributed by atoms with Crippen LogP contribution in [0.3, 0.4) is 0 Å². The average molecular weight is 361 g/mol. The van der Waals surface area contributed by atoms with Gasteiger partial charge in [-0.15, -0.1) is 11.3 Å². The summed E-state index contributed by atoms with van der Waals surface area (Å²) in [5.74, 6) is 0.643. The highest BCUT2D eigenvalue weighted by Gasteiger charge is 2.36. The van der Waals surface area contributed by atoms with Gasteiger partial charge in [-0.1, -0.05) is 6.92 Å². The third kappa shape index (κ3) is 4.16. The Morgan fingerprint density at radius 3 is 2.96 bits per heavy atom. The third-order valence-electron chi connectivity index (χ3n) is 4.49. The summed E-state index contributed by atoms with van der Waals surface area (Å²) in [6.07, 6.45) is 6.30. The summed E-state index contributed by atoms with van der Waals surface area (Å²) in [7, 11) is 1.59. The van der Waals surface area contributed by atoms with Gasteiger partial charge in [0.25, 0.3) is 5.91 Å². The number of aliphatic hydroxyl groups is 1. The van der Waals surface area contributed by atoms with Crippen molar-refractivity contribution in [2.45, 2.75) is 44.8 Å². The number of thiazole rings is 1. The lowest BCUT2D eigenvalue weighted by Gasteiger charge is -2.38. The summed E-state index contributed by atoms with van der Waals surface area (Å²) in [4.78, 5) is 21.3. The number of ether oxygens (including phenoxy) is 1. The molecule has 2 aromatic rings. The molecule has 2 heterocycles. The van der Waals surface area contributed by atoms with Crippen LogP contribution in [0.25, 0.3) is 0 Å². The first-order valence-corrected chi connectivity index (χ1v) is 9.41. The van der Waals surface area contributed by atoms with Crippen LogP contribution in [0.15, 0.2) is 23.8 Å². The lowest BCUT2D eigenvalue weighted by Crippen LogP contribution is -2.41. The summed E-state index contributed by atoms with van der Waals surface area (Å²) in [6.45, 7) is 2.09. The maximum absolute atomic E-state index is 12.6. The van der Waals surface area contributed by atoms with Crippen LogP contribution in [0.4, 0.5) is 0 Å². The average Bonchev–Trinajstić information content (AvgIpc) is 3.06. The summed E-state index contributed by atoms with van der Waals surface area (Å²) < 4.78 is 5.24. The molecular weight excluding hydrogens is 338 g/mol. The fourth-order valence-corrected chi connectivity index (χ4v) is 3.93. The summed E-state index contributed by atoms with van der Waals surface area (Å²) in [5, 5.41) is 15.5. The second kappa shape index (κ2) is 7.93. The van der Waals surface area contributed by atoms with Crippen molar-refractivity contribution in [1.29, 1.82) is 0 Å². The van der Waals surface area contributed by atoms with E-state index >= 15 is 0 Å². The van der Waals surface area contributed by atoms with Crippen LogP contribution in [-0.2, 0) is 6.42 Å². The lowest BCUT2D eigenvalue weighted by atomic mass is 9.75. The molecule has 0 bridgehead atoms. The number of carbonyl (C=O) groups is 1. The molecule has 2 N–H and O–H groups in total. The molecule has 25 heavy (non-hydrogen) atoms. The van der Waals surface area contributed by atoms with Gasteiger partial charge in [-0.05, 0) is 43.2 Å². The zero-order chi connectivity index (χ0) is 17.8. The highest BCUT2D eigenvalue weighted by Crippen LogP contribution is 2.38. The number of pyridine rings is 1. The second-order valence-electron chi connectivity index (χ2n) is 6.37. The molecule has 1 atom stereocenters. The van der Waals surface area contributed by atoms with E-state index in [4.69, 9.17) is 4.74 Å². The highest BCUT2D eigenvalue weighted by molar-refractivity contribution is 7.09. The molecule has 7 heteroatoms. The van der Waals surface area contributed by atoms with Crippen LogP contribution < -0.4 is 10.1 Å². The van der Waals surface area contributed by atoms with Gasteiger partial charge < -0.3 is 15.2 Å². The van der Waals surface area contributed by atoms with Crippen molar-refractivity contribution in [1.82, 2.24) is 15.3 Å². The number of aryl methyl sites for hydroxylation is 1. The van der Waals surface area contributed by atoms with Gasteiger partial charge in [-0.3, -0.25) is 9.78 Å². The topological polar surface area (TPSA) is 84.3 Å². The Hall–Kier alpha value is -1.99. The lowest BCUT2D eigenvalue weighted by molar-refractivity contribution is 0.0234. The predicted octanol–water partition coefficient (Wildman–Crippen LogP) is 2.74. The molecule has 1 aliphatic rings. The predicted molar refractivity (Wildman–Crippen MR) is 95.8 cm³/mol. The standard InChI is InChI=1S/C18H23N3O3S/c1-3-4-16-20-15(10-25-16)18(23)21-17(11-5-13(22)6-11)12-7-14(24-2)9-19-8-12/h7-11,13,17,22H,3-6H2,1-2H3,(H,21,23)/t11?,13?,17-/m1/s1. The molecule has 0 aliphatic heterocycles. The molecule has 1 fully saturated rings. The van der Waals surface area contributed by atoms with Gasteiger partial charge in [-0.25, -0.2) is 4.98 Å². The van der Waals surface area contributed by atoms with Crippen molar-refractivity contribution in [2.75, 3.05) is 7.11 Å². The molecule has 6 nitrogen and oxygen atoms in total.